The standard InChI is InChI=1S/C22H23N5O2.C6H13N.2H2/c1-29-19-11-15(6-7-18(19)28)26-22-23-9-8-20(27-22)25-16-10-17-13-2-4-14(5-3-13)21(17)24-12-16;1-7(2)6-4-3-5-6;;/h6-14,28H,2-5H2,1H3,(H2,23,25,26,27);6H,3-5H2,1-2H3;2*1H. The SMILES string of the molecule is CN(C)C1CCC1.COc1cc(Nc2nccc(Nc3cnc4c(c3)C3CCC4CC3)n2)ccc1O.[HH].[HH]. The Labute approximate surface area is 216 Å². The number of aromatic hydroxyl groups is 1. The minimum atomic E-state index is 0. The molecule has 36 heavy (non-hydrogen) atoms. The predicted octanol–water partition coefficient (Wildman–Crippen LogP) is 6.42. The number of hydrogen-bond donors (Lipinski definition) is 3. The molecule has 0 saturated heterocycles. The van der Waals surface area contributed by atoms with Crippen LogP contribution >= 0.6 is 0 Å². The lowest BCUT2D eigenvalue weighted by Gasteiger charge is -2.37. The molecule has 8 heteroatoms. The fourth-order valence-corrected chi connectivity index (χ4v) is 5.33. The first-order valence-corrected chi connectivity index (χ1v) is 12.9. The number of fused-ring (bicyclic) bond motifs is 2. The number of hydrogen-bond acceptors (Lipinski definition) is 8. The Morgan fingerprint density at radius 3 is 2.39 bits per heavy atom. The number of rotatable bonds is 6. The van der Waals surface area contributed by atoms with Crippen molar-refractivity contribution >= 4 is 23.1 Å². The second-order valence-electron chi connectivity index (χ2n) is 10.2. The van der Waals surface area contributed by atoms with Crippen molar-refractivity contribution in [2.24, 2.45) is 0 Å². The van der Waals surface area contributed by atoms with Crippen molar-refractivity contribution < 1.29 is 12.7 Å². The summed E-state index contributed by atoms with van der Waals surface area (Å²) in [5.41, 5.74) is 4.38. The van der Waals surface area contributed by atoms with Crippen molar-refractivity contribution in [3.63, 3.8) is 0 Å². The maximum absolute atomic E-state index is 9.73. The highest BCUT2D eigenvalue weighted by Gasteiger charge is 2.34. The van der Waals surface area contributed by atoms with Crippen LogP contribution in [0.1, 0.15) is 70.9 Å². The van der Waals surface area contributed by atoms with E-state index in [4.69, 9.17) is 9.72 Å². The van der Waals surface area contributed by atoms with Crippen LogP contribution in [0.2, 0.25) is 0 Å². The van der Waals surface area contributed by atoms with Gasteiger partial charge in [0.1, 0.15) is 5.82 Å². The molecule has 194 valence electrons. The molecule has 3 N–H and O–H groups in total. The summed E-state index contributed by atoms with van der Waals surface area (Å²) >= 11 is 0. The van der Waals surface area contributed by atoms with Gasteiger partial charge >= 0.3 is 0 Å². The van der Waals surface area contributed by atoms with Crippen molar-refractivity contribution in [1.82, 2.24) is 19.9 Å². The molecule has 2 aromatic heterocycles. The van der Waals surface area contributed by atoms with Crippen LogP contribution in [0.15, 0.2) is 42.7 Å². The van der Waals surface area contributed by atoms with E-state index in [-0.39, 0.29) is 8.60 Å². The van der Waals surface area contributed by atoms with Crippen LogP contribution in [0.4, 0.5) is 23.1 Å². The molecule has 7 rings (SSSR count). The molecule has 0 amide bonds. The van der Waals surface area contributed by atoms with Gasteiger partial charge in [0.15, 0.2) is 11.5 Å². The molecule has 0 atom stereocenters. The summed E-state index contributed by atoms with van der Waals surface area (Å²) in [5.74, 6) is 2.91. The van der Waals surface area contributed by atoms with Crippen molar-refractivity contribution in [3.05, 3.63) is 54.0 Å². The number of benzene rings is 1. The van der Waals surface area contributed by atoms with Crippen molar-refractivity contribution in [3.8, 4) is 11.5 Å². The lowest BCUT2D eigenvalue weighted by atomic mass is 9.69. The van der Waals surface area contributed by atoms with Crippen LogP contribution in [0.25, 0.3) is 0 Å². The van der Waals surface area contributed by atoms with E-state index in [1.165, 1.54) is 63.3 Å². The lowest BCUT2D eigenvalue weighted by Crippen LogP contribution is -2.33. The number of phenolic OH excluding ortho intramolecular Hbond substituents is 1. The molecule has 4 aliphatic carbocycles. The van der Waals surface area contributed by atoms with Gasteiger partial charge in [-0.3, -0.25) is 4.98 Å². The summed E-state index contributed by atoms with van der Waals surface area (Å²) in [6.45, 7) is 0. The summed E-state index contributed by atoms with van der Waals surface area (Å²) in [6.07, 6.45) is 13.0. The van der Waals surface area contributed by atoms with E-state index >= 15 is 0 Å². The Bertz CT molecular complexity index is 1200. The number of phenols is 1. The molecule has 0 spiro atoms. The Hall–Kier alpha value is -3.39. The maximum Gasteiger partial charge on any atom is 0.229 e. The zero-order valence-electron chi connectivity index (χ0n) is 21.4. The average molecular weight is 493 g/mol. The van der Waals surface area contributed by atoms with Crippen LogP contribution in [-0.4, -0.2) is 52.2 Å². The van der Waals surface area contributed by atoms with Crippen LogP contribution in [-0.2, 0) is 0 Å². The highest BCUT2D eigenvalue weighted by Crippen LogP contribution is 2.48. The predicted molar refractivity (Wildman–Crippen MR) is 147 cm³/mol. The van der Waals surface area contributed by atoms with Gasteiger partial charge in [0, 0.05) is 38.5 Å². The van der Waals surface area contributed by atoms with E-state index in [0.29, 0.717) is 29.4 Å². The summed E-state index contributed by atoms with van der Waals surface area (Å²) in [5, 5.41) is 16.2. The second kappa shape index (κ2) is 10.7. The highest BCUT2D eigenvalue weighted by atomic mass is 16.5. The van der Waals surface area contributed by atoms with E-state index in [2.05, 4.69) is 45.7 Å². The van der Waals surface area contributed by atoms with E-state index in [1.54, 1.807) is 24.4 Å². The summed E-state index contributed by atoms with van der Waals surface area (Å²) < 4.78 is 5.14. The Morgan fingerprint density at radius 2 is 1.72 bits per heavy atom. The van der Waals surface area contributed by atoms with Gasteiger partial charge in [0.05, 0.1) is 19.0 Å². The van der Waals surface area contributed by atoms with E-state index in [0.717, 1.165) is 17.4 Å². The number of methoxy groups -OCH3 is 1. The van der Waals surface area contributed by atoms with Crippen LogP contribution in [0.5, 0.6) is 11.5 Å². The monoisotopic (exact) mass is 492 g/mol. The van der Waals surface area contributed by atoms with Gasteiger partial charge in [0.25, 0.3) is 0 Å². The Balaban J connectivity index is 0.000000389. The third-order valence-electron chi connectivity index (χ3n) is 7.67. The molecule has 0 unspecified atom stereocenters. The van der Waals surface area contributed by atoms with Crippen molar-refractivity contribution in [1.29, 1.82) is 0 Å². The molecule has 2 heterocycles. The van der Waals surface area contributed by atoms with Gasteiger partial charge in [0.2, 0.25) is 5.95 Å². The van der Waals surface area contributed by atoms with Gasteiger partial charge in [-0.25, -0.2) is 4.98 Å². The van der Waals surface area contributed by atoms with Gasteiger partial charge in [-0.05, 0) is 88.4 Å². The molecule has 0 aliphatic heterocycles. The maximum atomic E-state index is 9.73. The van der Waals surface area contributed by atoms with E-state index in [9.17, 15) is 5.11 Å². The minimum Gasteiger partial charge on any atom is -0.504 e. The largest absolute Gasteiger partial charge is 0.504 e. The third-order valence-corrected chi connectivity index (χ3v) is 7.67. The first-order valence-electron chi connectivity index (χ1n) is 12.9. The van der Waals surface area contributed by atoms with Crippen LogP contribution in [0, 0.1) is 0 Å². The number of ether oxygens (including phenoxy) is 1. The smallest absolute Gasteiger partial charge is 0.229 e. The Kier molecular flexibility index (Phi) is 7.23. The molecule has 2 bridgehead atoms. The lowest BCUT2D eigenvalue weighted by molar-refractivity contribution is 0.193. The molecular weight excluding hydrogens is 452 g/mol. The Morgan fingerprint density at radius 1 is 0.944 bits per heavy atom. The van der Waals surface area contributed by atoms with Gasteiger partial charge < -0.3 is 25.4 Å². The van der Waals surface area contributed by atoms with E-state index < -0.39 is 0 Å². The first-order chi connectivity index (χ1) is 17.5. The van der Waals surface area contributed by atoms with E-state index in [1.807, 2.05) is 12.3 Å². The summed E-state index contributed by atoms with van der Waals surface area (Å²) in [4.78, 5) is 15.9. The zero-order valence-corrected chi connectivity index (χ0v) is 21.4. The fraction of sp³-hybridized carbons (Fsp3) is 0.464. The first kappa shape index (κ1) is 24.3. The summed E-state index contributed by atoms with van der Waals surface area (Å²) in [6, 6.07) is 9.98. The molecule has 4 aliphatic rings. The quantitative estimate of drug-likeness (QED) is 0.339. The number of nitrogens with one attached hydrogen (secondary N) is 2. The highest BCUT2D eigenvalue weighted by molar-refractivity contribution is 5.62. The van der Waals surface area contributed by atoms with Gasteiger partial charge in [-0.2, -0.15) is 4.98 Å². The zero-order chi connectivity index (χ0) is 25.1. The molecule has 3 aromatic rings. The van der Waals surface area contributed by atoms with Gasteiger partial charge in [-0.15, -0.1) is 0 Å². The minimum absolute atomic E-state index is 0. The third kappa shape index (κ3) is 5.38. The molecule has 0 radical (unpaired) electrons. The number of nitrogens with zero attached hydrogens (tertiary/aromatic N) is 4. The molecule has 8 nitrogen and oxygen atoms in total. The molecule has 2 saturated carbocycles. The normalized spacial score (nSPS) is 20.1. The van der Waals surface area contributed by atoms with Crippen molar-refractivity contribution in [2.45, 2.75) is 62.8 Å². The molecule has 1 aromatic carbocycles. The summed E-state index contributed by atoms with van der Waals surface area (Å²) in [7, 11) is 5.83. The van der Waals surface area contributed by atoms with Gasteiger partial charge in [-0.1, -0.05) is 6.42 Å². The molecule has 2 fully saturated rings. The topological polar surface area (TPSA) is 95.4 Å². The average Bonchev–Trinajstić information content (AvgIpc) is 2.85. The number of aromatic nitrogens is 3. The number of anilines is 4. The van der Waals surface area contributed by atoms with Crippen LogP contribution in [0.3, 0.4) is 0 Å². The fourth-order valence-electron chi connectivity index (χ4n) is 5.33. The molecular formula is C28H40N6O2. The van der Waals surface area contributed by atoms with Crippen molar-refractivity contribution in [2.75, 3.05) is 31.8 Å². The second-order valence-corrected chi connectivity index (χ2v) is 10.2. The number of pyridine rings is 1. The van der Waals surface area contributed by atoms with Crippen LogP contribution < -0.4 is 15.4 Å².